The van der Waals surface area contributed by atoms with Crippen LogP contribution in [0.1, 0.15) is 11.1 Å². The van der Waals surface area contributed by atoms with Gasteiger partial charge in [0.1, 0.15) is 0 Å². The molecule has 0 aliphatic rings. The number of benzene rings is 8. The first kappa shape index (κ1) is 30.7. The molecule has 0 N–H and O–H groups in total. The van der Waals surface area contributed by atoms with Crippen molar-refractivity contribution in [3.8, 4) is 40.3 Å². The van der Waals surface area contributed by atoms with E-state index in [1.807, 2.05) is 36.4 Å². The molecular weight excluding hydrogens is 671 g/mol. The van der Waals surface area contributed by atoms with Crippen molar-refractivity contribution in [2.45, 2.75) is 0 Å². The normalized spacial score (nSPS) is 11.6. The fraction of sp³-hybridized carbons (Fsp3) is 0. The molecule has 5 heteroatoms. The van der Waals surface area contributed by atoms with E-state index in [-0.39, 0.29) is 0 Å². The highest BCUT2D eigenvalue weighted by Crippen LogP contribution is 2.42. The summed E-state index contributed by atoms with van der Waals surface area (Å²) in [5.74, 6) is 0. The van der Waals surface area contributed by atoms with Gasteiger partial charge >= 0.3 is 0 Å². The van der Waals surface area contributed by atoms with Crippen molar-refractivity contribution in [2.75, 3.05) is 0 Å². The van der Waals surface area contributed by atoms with Gasteiger partial charge in [-0.15, -0.1) is 0 Å². The number of fused-ring (bicyclic) bond motifs is 9. The zero-order valence-corrected chi connectivity index (χ0v) is 29.5. The second kappa shape index (κ2) is 11.8. The van der Waals surface area contributed by atoms with Crippen LogP contribution in [-0.2, 0) is 0 Å². The molecule has 5 nitrogen and oxygen atoms in total. The van der Waals surface area contributed by atoms with Crippen molar-refractivity contribution in [3.63, 3.8) is 0 Å². The number of nitrogens with zero attached hydrogens (tertiary/aromatic N) is 5. The molecule has 11 rings (SSSR count). The van der Waals surface area contributed by atoms with E-state index < -0.39 is 0 Å². The monoisotopic (exact) mass is 699 g/mol. The van der Waals surface area contributed by atoms with E-state index in [0.29, 0.717) is 11.1 Å². The van der Waals surface area contributed by atoms with Gasteiger partial charge in [-0.1, -0.05) is 91.0 Å². The summed E-state index contributed by atoms with van der Waals surface area (Å²) in [6, 6.07) is 66.0. The van der Waals surface area contributed by atoms with Gasteiger partial charge < -0.3 is 13.7 Å². The Morgan fingerprint density at radius 1 is 0.345 bits per heavy atom. The predicted octanol–water partition coefficient (Wildman–Crippen LogP) is 12.4. The van der Waals surface area contributed by atoms with Gasteiger partial charge in [-0.2, -0.15) is 10.5 Å². The molecule has 8 aromatic carbocycles. The number of hydrogen-bond donors (Lipinski definition) is 0. The third-order valence-electron chi connectivity index (χ3n) is 11.1. The molecule has 11 aromatic rings. The van der Waals surface area contributed by atoms with Crippen LogP contribution in [0.5, 0.6) is 0 Å². The summed E-state index contributed by atoms with van der Waals surface area (Å²) < 4.78 is 7.01. The lowest BCUT2D eigenvalue weighted by atomic mass is 10.00. The van der Waals surface area contributed by atoms with Crippen LogP contribution in [0.3, 0.4) is 0 Å². The summed E-state index contributed by atoms with van der Waals surface area (Å²) >= 11 is 0. The molecule has 0 amide bonds. The SMILES string of the molecule is N#Cc1ccc(-n2c3ccccc3c3c(-n4c5ccccc5c5ccccc54)cccc32)c(-c2ccc(-n3c4ccccc4c4cc(C#N)ccc43)cc2)c1. The summed E-state index contributed by atoms with van der Waals surface area (Å²) in [4.78, 5) is 0. The quantitative estimate of drug-likeness (QED) is 0.184. The molecule has 0 aliphatic carbocycles. The van der Waals surface area contributed by atoms with Gasteiger partial charge in [0.25, 0.3) is 0 Å². The molecule has 0 radical (unpaired) electrons. The summed E-state index contributed by atoms with van der Waals surface area (Å²) in [5, 5.41) is 26.7. The number of rotatable bonds is 4. The smallest absolute Gasteiger partial charge is 0.0991 e. The van der Waals surface area contributed by atoms with Gasteiger partial charge in [-0.05, 0) is 90.5 Å². The summed E-state index contributed by atoms with van der Waals surface area (Å²) in [7, 11) is 0. The fourth-order valence-electron chi connectivity index (χ4n) is 8.77. The molecule has 0 fully saturated rings. The van der Waals surface area contributed by atoms with Gasteiger partial charge in [0.05, 0.1) is 67.7 Å². The van der Waals surface area contributed by atoms with E-state index in [0.717, 1.165) is 66.4 Å². The minimum Gasteiger partial charge on any atom is -0.309 e. The topological polar surface area (TPSA) is 62.4 Å². The molecule has 0 bridgehead atoms. The van der Waals surface area contributed by atoms with Gasteiger partial charge in [-0.25, -0.2) is 0 Å². The Labute approximate surface area is 316 Å². The van der Waals surface area contributed by atoms with Gasteiger partial charge in [-0.3, -0.25) is 0 Å². The Bertz CT molecular complexity index is 3400. The lowest BCUT2D eigenvalue weighted by Gasteiger charge is -2.16. The number of nitriles is 2. The molecule has 0 unspecified atom stereocenters. The number of hydrogen-bond acceptors (Lipinski definition) is 2. The van der Waals surface area contributed by atoms with E-state index in [9.17, 15) is 10.5 Å². The molecule has 0 saturated heterocycles. The van der Waals surface area contributed by atoms with Gasteiger partial charge in [0, 0.05) is 43.6 Å². The van der Waals surface area contributed by atoms with E-state index in [4.69, 9.17) is 0 Å². The second-order valence-corrected chi connectivity index (χ2v) is 14.0. The van der Waals surface area contributed by atoms with Crippen LogP contribution in [0.4, 0.5) is 0 Å². The van der Waals surface area contributed by atoms with Crippen molar-refractivity contribution < 1.29 is 0 Å². The lowest BCUT2D eigenvalue weighted by Crippen LogP contribution is -1.99. The number of aromatic nitrogens is 3. The van der Waals surface area contributed by atoms with Crippen LogP contribution in [0.15, 0.2) is 176 Å². The Balaban J connectivity index is 1.14. The van der Waals surface area contributed by atoms with Crippen molar-refractivity contribution in [1.82, 2.24) is 13.7 Å². The zero-order valence-electron chi connectivity index (χ0n) is 29.5. The van der Waals surface area contributed by atoms with Crippen LogP contribution in [0, 0.1) is 22.7 Å². The minimum absolute atomic E-state index is 0.602. The third kappa shape index (κ3) is 4.45. The maximum absolute atomic E-state index is 10.1. The largest absolute Gasteiger partial charge is 0.309 e. The summed E-state index contributed by atoms with van der Waals surface area (Å²) in [5.41, 5.74) is 13.0. The first-order valence-corrected chi connectivity index (χ1v) is 18.3. The molecule has 0 spiro atoms. The van der Waals surface area contributed by atoms with E-state index >= 15 is 0 Å². The Kier molecular flexibility index (Phi) is 6.61. The Hall–Kier alpha value is -7.86. The summed E-state index contributed by atoms with van der Waals surface area (Å²) in [6.45, 7) is 0. The molecule has 0 atom stereocenters. The van der Waals surface area contributed by atoms with Crippen molar-refractivity contribution in [3.05, 3.63) is 187 Å². The van der Waals surface area contributed by atoms with Gasteiger partial charge in [0.15, 0.2) is 0 Å². The first-order valence-electron chi connectivity index (χ1n) is 18.3. The highest BCUT2D eigenvalue weighted by atomic mass is 15.0. The third-order valence-corrected chi connectivity index (χ3v) is 11.1. The predicted molar refractivity (Wildman–Crippen MR) is 224 cm³/mol. The molecule has 55 heavy (non-hydrogen) atoms. The van der Waals surface area contributed by atoms with E-state index in [1.165, 1.54) is 27.2 Å². The Morgan fingerprint density at radius 2 is 0.836 bits per heavy atom. The highest BCUT2D eigenvalue weighted by molar-refractivity contribution is 6.17. The molecule has 0 aliphatic heterocycles. The van der Waals surface area contributed by atoms with E-state index in [2.05, 4.69) is 165 Å². The average Bonchev–Trinajstić information content (AvgIpc) is 3.89. The maximum Gasteiger partial charge on any atom is 0.0991 e. The lowest BCUT2D eigenvalue weighted by molar-refractivity contribution is 1.16. The standard InChI is InChI=1S/C50H29N5/c51-30-32-20-26-46(40(28-32)34-22-24-35(25-23-34)53-42-14-5-3-12-38(42)41-29-33(31-52)21-27-47(41)53)55-45-17-8-4-13-39(45)50-48(18-9-19-49(50)55)54-43-15-6-1-10-36(43)37-11-2-7-16-44(37)54/h1-29H. The van der Waals surface area contributed by atoms with Crippen LogP contribution in [0.2, 0.25) is 0 Å². The van der Waals surface area contributed by atoms with Crippen LogP contribution in [-0.4, -0.2) is 13.7 Å². The van der Waals surface area contributed by atoms with Crippen LogP contribution >= 0.6 is 0 Å². The summed E-state index contributed by atoms with van der Waals surface area (Å²) in [6.07, 6.45) is 0. The maximum atomic E-state index is 10.1. The molecule has 3 heterocycles. The Morgan fingerprint density at radius 3 is 1.49 bits per heavy atom. The molecule has 0 saturated carbocycles. The second-order valence-electron chi connectivity index (χ2n) is 14.0. The van der Waals surface area contributed by atoms with Crippen molar-refractivity contribution >= 4 is 65.4 Å². The molecule has 254 valence electrons. The zero-order chi connectivity index (χ0) is 36.6. The molecule has 3 aromatic heterocycles. The molecular formula is C50H29N5. The first-order chi connectivity index (χ1) is 27.2. The van der Waals surface area contributed by atoms with Crippen molar-refractivity contribution in [2.24, 2.45) is 0 Å². The van der Waals surface area contributed by atoms with Crippen LogP contribution in [0.25, 0.3) is 93.6 Å². The van der Waals surface area contributed by atoms with Gasteiger partial charge in [0.2, 0.25) is 0 Å². The minimum atomic E-state index is 0.602. The van der Waals surface area contributed by atoms with E-state index in [1.54, 1.807) is 0 Å². The number of para-hydroxylation sites is 4. The highest BCUT2D eigenvalue weighted by Gasteiger charge is 2.21. The van der Waals surface area contributed by atoms with Crippen molar-refractivity contribution in [1.29, 1.82) is 10.5 Å². The van der Waals surface area contributed by atoms with Crippen LogP contribution < -0.4 is 0 Å². The average molecular weight is 700 g/mol. The fourth-order valence-corrected chi connectivity index (χ4v) is 8.77.